The maximum absolute atomic E-state index is 12.2. The lowest BCUT2D eigenvalue weighted by Crippen LogP contribution is -2.79. The summed E-state index contributed by atoms with van der Waals surface area (Å²) in [4.78, 5) is 39.8. The fourth-order valence-electron chi connectivity index (χ4n) is 2.39. The zero-order valence-corrected chi connectivity index (χ0v) is 15.9. The highest BCUT2D eigenvalue weighted by molar-refractivity contribution is 7.59. The van der Waals surface area contributed by atoms with E-state index in [1.165, 1.54) is 6.92 Å². The first-order chi connectivity index (χ1) is 10.8. The molecule has 1 aromatic rings. The number of rotatable bonds is 6. The molecule has 140 valence electrons. The monoisotopic (exact) mass is 389 g/mol. The molecule has 2 rings (SSSR count). The third-order valence-corrected chi connectivity index (χ3v) is 3.59. The molecule has 1 aliphatic heterocycles. The summed E-state index contributed by atoms with van der Waals surface area (Å²) < 4.78 is 4.80. The van der Waals surface area contributed by atoms with Crippen molar-refractivity contribution < 1.29 is 24.0 Å². The van der Waals surface area contributed by atoms with Crippen molar-refractivity contribution in [2.24, 2.45) is 5.73 Å². The van der Waals surface area contributed by atoms with Crippen molar-refractivity contribution in [2.75, 3.05) is 6.61 Å². The number of β-lactam (4-membered cyclic amide) rings is 1. The molecule has 8 nitrogen and oxygen atoms in total. The summed E-state index contributed by atoms with van der Waals surface area (Å²) in [5, 5.41) is 3.64. The molecule has 10 heteroatoms. The van der Waals surface area contributed by atoms with Crippen LogP contribution in [0.1, 0.15) is 19.4 Å². The number of hydroxylamine groups is 2. The van der Waals surface area contributed by atoms with Crippen LogP contribution in [-0.4, -0.2) is 41.2 Å². The number of hydrogen-bond donors (Lipinski definition) is 2. The van der Waals surface area contributed by atoms with Gasteiger partial charge in [-0.1, -0.05) is 30.3 Å². The second kappa shape index (κ2) is 9.54. The van der Waals surface area contributed by atoms with E-state index in [0.29, 0.717) is 0 Å². The van der Waals surface area contributed by atoms with Crippen LogP contribution in [0.3, 0.4) is 0 Å². The Balaban J connectivity index is 0.00000288. The molecule has 1 heterocycles. The van der Waals surface area contributed by atoms with Gasteiger partial charge in [-0.3, -0.25) is 14.4 Å². The summed E-state index contributed by atoms with van der Waals surface area (Å²) >= 11 is 0. The molecule has 0 bridgehead atoms. The number of primary amides is 1. The number of nitrogens with zero attached hydrogens (tertiary/aromatic N) is 1. The first-order valence-corrected chi connectivity index (χ1v) is 7.05. The minimum atomic E-state index is -1.02. The third kappa shape index (κ3) is 5.28. The molecule has 2 atom stereocenters. The van der Waals surface area contributed by atoms with Gasteiger partial charge in [-0.05, 0) is 12.5 Å². The molecule has 0 aliphatic carbocycles. The molecule has 0 unspecified atom stereocenters. The number of ether oxygens (including phenoxy) is 1. The average Bonchev–Trinajstić information content (AvgIpc) is 2.51. The molecule has 0 aromatic heterocycles. The van der Waals surface area contributed by atoms with Crippen molar-refractivity contribution in [1.82, 2.24) is 10.4 Å². The van der Waals surface area contributed by atoms with Gasteiger partial charge in [-0.25, -0.2) is 9.86 Å². The molecule has 1 fully saturated rings. The number of nitrogens with two attached hydrogens (primary N) is 1. The number of carbonyl (C=O) groups excluding carboxylic acids is 3. The van der Waals surface area contributed by atoms with Gasteiger partial charge in [-0.2, -0.15) is 27.0 Å². The van der Waals surface area contributed by atoms with Gasteiger partial charge in [0.1, 0.15) is 24.8 Å². The maximum atomic E-state index is 12.2. The van der Waals surface area contributed by atoms with Crippen LogP contribution in [-0.2, 0) is 25.8 Å². The van der Waals surface area contributed by atoms with Gasteiger partial charge in [0.05, 0.1) is 0 Å². The van der Waals surface area contributed by atoms with E-state index in [4.69, 9.17) is 15.3 Å². The Morgan fingerprint density at radius 3 is 2.40 bits per heavy atom. The van der Waals surface area contributed by atoms with Crippen LogP contribution >= 0.6 is 27.0 Å². The van der Waals surface area contributed by atoms with Gasteiger partial charge in [-0.15, -0.1) is 0 Å². The van der Waals surface area contributed by atoms with Crippen LogP contribution in [0, 0.1) is 0 Å². The molecule has 0 spiro atoms. The summed E-state index contributed by atoms with van der Waals surface area (Å²) in [5.41, 5.74) is 4.83. The van der Waals surface area contributed by atoms with E-state index < -0.39 is 23.6 Å². The largest absolute Gasteiger partial charge is 0.447 e. The maximum Gasteiger partial charge on any atom is 0.404 e. The van der Waals surface area contributed by atoms with Gasteiger partial charge in [0.15, 0.2) is 0 Å². The number of amides is 3. The Labute approximate surface area is 159 Å². The summed E-state index contributed by atoms with van der Waals surface area (Å²) in [6.07, 6.45) is -0.963. The molecular weight excluding hydrogens is 366 g/mol. The van der Waals surface area contributed by atoms with Crippen LogP contribution in [0.25, 0.3) is 0 Å². The van der Waals surface area contributed by atoms with Crippen LogP contribution in [0.15, 0.2) is 30.3 Å². The van der Waals surface area contributed by atoms with E-state index >= 15 is 0 Å². The Hall–Kier alpha value is -1.91. The molecular formula is C15H23N3O5S2. The molecule has 3 N–H and O–H groups in total. The van der Waals surface area contributed by atoms with Crippen molar-refractivity contribution >= 4 is 44.9 Å². The van der Waals surface area contributed by atoms with Gasteiger partial charge < -0.3 is 15.8 Å². The van der Waals surface area contributed by atoms with Crippen molar-refractivity contribution in [3.05, 3.63) is 35.9 Å². The zero-order chi connectivity index (χ0) is 17.0. The van der Waals surface area contributed by atoms with Crippen molar-refractivity contribution in [3.63, 3.8) is 0 Å². The number of benzene rings is 1. The van der Waals surface area contributed by atoms with Crippen LogP contribution < -0.4 is 11.1 Å². The first-order valence-electron chi connectivity index (χ1n) is 7.05. The highest BCUT2D eigenvalue weighted by atomic mass is 32.1. The molecule has 0 saturated carbocycles. The van der Waals surface area contributed by atoms with Crippen molar-refractivity contribution in [1.29, 1.82) is 0 Å². The molecule has 1 saturated heterocycles. The quantitative estimate of drug-likeness (QED) is 0.690. The first kappa shape index (κ1) is 23.1. The lowest BCUT2D eigenvalue weighted by Gasteiger charge is -2.53. The van der Waals surface area contributed by atoms with Gasteiger partial charge >= 0.3 is 6.09 Å². The van der Waals surface area contributed by atoms with Gasteiger partial charge in [0.25, 0.3) is 5.91 Å². The molecule has 0 radical (unpaired) electrons. The summed E-state index contributed by atoms with van der Waals surface area (Å²) in [5.74, 6) is -0.775. The molecule has 1 aromatic carbocycles. The van der Waals surface area contributed by atoms with E-state index in [2.05, 4.69) is 5.32 Å². The summed E-state index contributed by atoms with van der Waals surface area (Å²) in [6, 6.07) is 8.45. The fraction of sp³-hybridized carbons (Fsp3) is 0.400. The predicted molar refractivity (Wildman–Crippen MR) is 100 cm³/mol. The Morgan fingerprint density at radius 2 is 1.88 bits per heavy atom. The van der Waals surface area contributed by atoms with Crippen LogP contribution in [0.5, 0.6) is 0 Å². The topological polar surface area (TPSA) is 111 Å². The highest BCUT2D eigenvalue weighted by Crippen LogP contribution is 2.33. The van der Waals surface area contributed by atoms with E-state index in [-0.39, 0.29) is 46.1 Å². The third-order valence-electron chi connectivity index (χ3n) is 3.59. The minimum absolute atomic E-state index is 0. The summed E-state index contributed by atoms with van der Waals surface area (Å²) in [6.45, 7) is 2.93. The van der Waals surface area contributed by atoms with Crippen LogP contribution in [0.2, 0.25) is 0 Å². The van der Waals surface area contributed by atoms with Gasteiger partial charge in [0, 0.05) is 6.92 Å². The molecule has 1 aliphatic rings. The van der Waals surface area contributed by atoms with Crippen molar-refractivity contribution in [2.45, 2.75) is 32.0 Å². The van der Waals surface area contributed by atoms with E-state index in [0.717, 1.165) is 10.6 Å². The Morgan fingerprint density at radius 1 is 1.28 bits per heavy atom. The van der Waals surface area contributed by atoms with E-state index in [1.807, 2.05) is 30.3 Å². The normalized spacial score (nSPS) is 21.3. The highest BCUT2D eigenvalue weighted by Gasteiger charge is 2.60. The van der Waals surface area contributed by atoms with E-state index in [1.54, 1.807) is 6.92 Å². The second-order valence-electron chi connectivity index (χ2n) is 5.49. The summed E-state index contributed by atoms with van der Waals surface area (Å²) in [7, 11) is 0. The molecule has 25 heavy (non-hydrogen) atoms. The second-order valence-corrected chi connectivity index (χ2v) is 5.49. The fourth-order valence-corrected chi connectivity index (χ4v) is 2.39. The van der Waals surface area contributed by atoms with Gasteiger partial charge in [0.2, 0.25) is 5.91 Å². The van der Waals surface area contributed by atoms with E-state index in [9.17, 15) is 14.4 Å². The zero-order valence-electron chi connectivity index (χ0n) is 13.9. The number of hydrogen-bond acceptors (Lipinski definition) is 5. The number of carbonyl (C=O) groups is 3. The lowest BCUT2D eigenvalue weighted by atomic mass is 9.83. The average molecular weight is 389 g/mol. The Bertz CT molecular complexity index is 616. The minimum Gasteiger partial charge on any atom is -0.447 e. The molecule has 3 amide bonds. The Kier molecular flexibility index (Phi) is 8.81. The van der Waals surface area contributed by atoms with Crippen LogP contribution in [0.4, 0.5) is 4.79 Å². The van der Waals surface area contributed by atoms with Crippen molar-refractivity contribution in [3.8, 4) is 0 Å². The standard InChI is InChI=1S/C15H19N3O5.2H2S/c1-10(19)17-12-13(20)18(15(12,2)9-22-14(16)21)23-8-11-6-4-3-5-7-11;;/h3-7,12H,8-9H2,1-2H3,(H2,16,21)(H,17,19);2*1H2/t12-,15-;;/m1../s1. The SMILES string of the molecule is CC(=O)N[C@@H]1C(=O)N(OCc2ccccc2)[C@]1(C)COC(N)=O.S.S. The number of nitrogens with one attached hydrogen (secondary N) is 1. The smallest absolute Gasteiger partial charge is 0.404 e. The lowest BCUT2D eigenvalue weighted by molar-refractivity contribution is -0.273. The predicted octanol–water partition coefficient (Wildman–Crippen LogP) is 0.545.